The Labute approximate surface area is 159 Å². The summed E-state index contributed by atoms with van der Waals surface area (Å²) in [4.78, 5) is 11.0. The van der Waals surface area contributed by atoms with Crippen LogP contribution in [0.4, 0.5) is 13.2 Å². The summed E-state index contributed by atoms with van der Waals surface area (Å²) in [5, 5.41) is 18.9. The molecule has 0 bridgehead atoms. The van der Waals surface area contributed by atoms with Crippen LogP contribution in [-0.2, 0) is 11.0 Å². The fourth-order valence-corrected chi connectivity index (χ4v) is 3.20. The van der Waals surface area contributed by atoms with Crippen molar-refractivity contribution in [3.63, 3.8) is 0 Å². The van der Waals surface area contributed by atoms with Crippen molar-refractivity contribution < 1.29 is 37.7 Å². The van der Waals surface area contributed by atoms with Gasteiger partial charge in [0.1, 0.15) is 17.2 Å². The van der Waals surface area contributed by atoms with Gasteiger partial charge in [-0.05, 0) is 43.2 Å². The molecule has 0 spiro atoms. The van der Waals surface area contributed by atoms with Crippen molar-refractivity contribution in [2.45, 2.75) is 38.0 Å². The van der Waals surface area contributed by atoms with E-state index in [0.29, 0.717) is 24.5 Å². The minimum atomic E-state index is -4.53. The molecule has 28 heavy (non-hydrogen) atoms. The summed E-state index contributed by atoms with van der Waals surface area (Å²) in [6, 6.07) is 7.79. The molecular formula is C20H19F3O5. The van der Waals surface area contributed by atoms with E-state index in [9.17, 15) is 23.1 Å². The number of ether oxygens (including phenoxy) is 2. The van der Waals surface area contributed by atoms with E-state index in [4.69, 9.17) is 14.6 Å². The van der Waals surface area contributed by atoms with Gasteiger partial charge in [-0.3, -0.25) is 4.79 Å². The Morgan fingerprint density at radius 1 is 1.29 bits per heavy atom. The van der Waals surface area contributed by atoms with E-state index in [2.05, 4.69) is 0 Å². The van der Waals surface area contributed by atoms with Crippen molar-refractivity contribution in [1.29, 1.82) is 0 Å². The maximum atomic E-state index is 12.9. The van der Waals surface area contributed by atoms with E-state index in [1.807, 2.05) is 0 Å². The van der Waals surface area contributed by atoms with Gasteiger partial charge < -0.3 is 19.7 Å². The summed E-state index contributed by atoms with van der Waals surface area (Å²) in [6.07, 6.45) is -5.11. The highest BCUT2D eigenvalue weighted by Gasteiger charge is 2.32. The average molecular weight is 396 g/mol. The first-order valence-electron chi connectivity index (χ1n) is 8.70. The Morgan fingerprint density at radius 2 is 2.04 bits per heavy atom. The molecule has 0 amide bonds. The highest BCUT2D eigenvalue weighted by molar-refractivity contribution is 5.68. The number of halogens is 3. The van der Waals surface area contributed by atoms with Crippen molar-refractivity contribution in [3.05, 3.63) is 53.1 Å². The molecule has 0 aromatic heterocycles. The quantitative estimate of drug-likeness (QED) is 0.753. The van der Waals surface area contributed by atoms with Gasteiger partial charge in [0, 0.05) is 17.5 Å². The molecule has 1 aliphatic rings. The van der Waals surface area contributed by atoms with Crippen LogP contribution in [0.3, 0.4) is 0 Å². The molecule has 1 heterocycles. The number of hydrogen-bond donors (Lipinski definition) is 2. The van der Waals surface area contributed by atoms with Crippen LogP contribution in [0.2, 0.25) is 0 Å². The van der Waals surface area contributed by atoms with Crippen molar-refractivity contribution >= 4 is 5.97 Å². The van der Waals surface area contributed by atoms with Crippen LogP contribution >= 0.6 is 0 Å². The minimum absolute atomic E-state index is 0.0113. The molecule has 2 aromatic carbocycles. The van der Waals surface area contributed by atoms with Crippen molar-refractivity contribution in [2.24, 2.45) is 0 Å². The number of carbonyl (C=O) groups is 1. The van der Waals surface area contributed by atoms with Gasteiger partial charge in [0.25, 0.3) is 0 Å². The van der Waals surface area contributed by atoms with E-state index in [-0.39, 0.29) is 23.7 Å². The van der Waals surface area contributed by atoms with Gasteiger partial charge in [-0.2, -0.15) is 13.2 Å². The molecule has 0 fully saturated rings. The smallest absolute Gasteiger partial charge is 0.416 e. The minimum Gasteiger partial charge on any atom is -0.493 e. The van der Waals surface area contributed by atoms with Crippen LogP contribution in [0.15, 0.2) is 36.4 Å². The number of benzene rings is 2. The van der Waals surface area contributed by atoms with Crippen molar-refractivity contribution in [1.82, 2.24) is 0 Å². The Morgan fingerprint density at radius 3 is 2.68 bits per heavy atom. The fourth-order valence-electron chi connectivity index (χ4n) is 3.20. The highest BCUT2D eigenvalue weighted by atomic mass is 19.4. The predicted molar refractivity (Wildman–Crippen MR) is 93.7 cm³/mol. The first-order chi connectivity index (χ1) is 13.1. The number of carboxylic acids is 1. The number of aliphatic hydroxyl groups is 1. The van der Waals surface area contributed by atoms with Crippen LogP contribution in [0.5, 0.6) is 17.2 Å². The topological polar surface area (TPSA) is 76.0 Å². The first-order valence-corrected chi connectivity index (χ1v) is 8.70. The molecule has 150 valence electrons. The normalized spacial score (nSPS) is 17.4. The summed E-state index contributed by atoms with van der Waals surface area (Å²) in [6.45, 7) is 1.72. The lowest BCUT2D eigenvalue weighted by atomic mass is 9.90. The Hall–Kier alpha value is -2.74. The van der Waals surface area contributed by atoms with E-state index in [1.165, 1.54) is 13.0 Å². The van der Waals surface area contributed by atoms with Gasteiger partial charge in [0.2, 0.25) is 0 Å². The number of carboxylic acid groups (broad SMARTS) is 1. The van der Waals surface area contributed by atoms with Gasteiger partial charge in [0.15, 0.2) is 0 Å². The van der Waals surface area contributed by atoms with Crippen LogP contribution in [0, 0.1) is 0 Å². The summed E-state index contributed by atoms with van der Waals surface area (Å²) in [5.41, 5.74) is -0.109. The lowest BCUT2D eigenvalue weighted by Gasteiger charge is -2.25. The standard InChI is InChI=1S/C20H19F3O5/c1-11(24)16-9-13(20(21,22)23)2-5-17(16)28-14-3-4-15-12(8-19(25)26)6-7-27-18(15)10-14/h2-5,9-12,24H,6-8H2,1H3,(H,25,26)/t11?,12-/m0/s1. The zero-order valence-corrected chi connectivity index (χ0v) is 15.0. The number of alkyl halides is 3. The molecule has 0 saturated heterocycles. The van der Waals surface area contributed by atoms with Crippen molar-refractivity contribution in [2.75, 3.05) is 6.61 Å². The second-order valence-electron chi connectivity index (χ2n) is 6.66. The molecule has 2 N–H and O–H groups in total. The zero-order chi connectivity index (χ0) is 20.5. The van der Waals surface area contributed by atoms with E-state index in [0.717, 1.165) is 17.7 Å². The largest absolute Gasteiger partial charge is 0.493 e. The number of fused-ring (bicyclic) bond motifs is 1. The molecule has 5 nitrogen and oxygen atoms in total. The van der Waals surface area contributed by atoms with E-state index in [1.54, 1.807) is 18.2 Å². The summed E-state index contributed by atoms with van der Waals surface area (Å²) < 4.78 is 50.1. The monoisotopic (exact) mass is 396 g/mol. The molecule has 0 aliphatic carbocycles. The molecule has 0 saturated carbocycles. The third-order valence-electron chi connectivity index (χ3n) is 4.58. The molecule has 2 atom stereocenters. The van der Waals surface area contributed by atoms with E-state index >= 15 is 0 Å². The maximum Gasteiger partial charge on any atom is 0.416 e. The third kappa shape index (κ3) is 4.39. The highest BCUT2D eigenvalue weighted by Crippen LogP contribution is 2.40. The summed E-state index contributed by atoms with van der Waals surface area (Å²) >= 11 is 0. The maximum absolute atomic E-state index is 12.9. The SMILES string of the molecule is CC(O)c1cc(C(F)(F)F)ccc1Oc1ccc2c(c1)OCC[C@H]2CC(=O)O. The van der Waals surface area contributed by atoms with Gasteiger partial charge in [-0.25, -0.2) is 0 Å². The molecule has 0 radical (unpaired) electrons. The van der Waals surface area contributed by atoms with Gasteiger partial charge in [-0.15, -0.1) is 0 Å². The number of aliphatic carboxylic acids is 1. The lowest BCUT2D eigenvalue weighted by molar-refractivity contribution is -0.138. The molecule has 1 aliphatic heterocycles. The second-order valence-corrected chi connectivity index (χ2v) is 6.66. The van der Waals surface area contributed by atoms with Crippen molar-refractivity contribution in [3.8, 4) is 17.2 Å². The third-order valence-corrected chi connectivity index (χ3v) is 4.58. The fraction of sp³-hybridized carbons (Fsp3) is 0.350. The van der Waals surface area contributed by atoms with Crippen LogP contribution in [0.1, 0.15) is 48.5 Å². The summed E-state index contributed by atoms with van der Waals surface area (Å²) in [7, 11) is 0. The Bertz CT molecular complexity index is 877. The van der Waals surface area contributed by atoms with Crippen LogP contribution < -0.4 is 9.47 Å². The molecule has 8 heteroatoms. The molecule has 3 rings (SSSR count). The average Bonchev–Trinajstić information content (AvgIpc) is 2.60. The Balaban J connectivity index is 1.89. The number of rotatable bonds is 5. The van der Waals surface area contributed by atoms with E-state index < -0.39 is 23.8 Å². The van der Waals surface area contributed by atoms with Crippen LogP contribution in [0.25, 0.3) is 0 Å². The first kappa shape index (κ1) is 20.0. The van der Waals surface area contributed by atoms with Gasteiger partial charge in [0.05, 0.1) is 24.7 Å². The number of hydrogen-bond acceptors (Lipinski definition) is 4. The van der Waals surface area contributed by atoms with Gasteiger partial charge >= 0.3 is 12.1 Å². The molecule has 1 unspecified atom stereocenters. The molecular weight excluding hydrogens is 377 g/mol. The second kappa shape index (κ2) is 7.71. The Kier molecular flexibility index (Phi) is 5.51. The van der Waals surface area contributed by atoms with Crippen LogP contribution in [-0.4, -0.2) is 22.8 Å². The summed E-state index contributed by atoms with van der Waals surface area (Å²) in [5.74, 6) is -0.170. The lowest BCUT2D eigenvalue weighted by Crippen LogP contribution is -2.17. The number of aliphatic hydroxyl groups excluding tert-OH is 1. The zero-order valence-electron chi connectivity index (χ0n) is 15.0. The molecule has 2 aromatic rings. The van der Waals surface area contributed by atoms with Gasteiger partial charge in [-0.1, -0.05) is 6.07 Å². The predicted octanol–water partition coefficient (Wildman–Crippen LogP) is 4.89.